The molecule has 3 rings (SSSR count). The molecular formula is C16H19N3O2. The highest BCUT2D eigenvalue weighted by atomic mass is 16.6. The summed E-state index contributed by atoms with van der Waals surface area (Å²) < 4.78 is 0. The van der Waals surface area contributed by atoms with E-state index in [-0.39, 0.29) is 10.6 Å². The van der Waals surface area contributed by atoms with Gasteiger partial charge in [0, 0.05) is 24.1 Å². The number of non-ortho nitro benzene ring substituents is 1. The molecule has 0 atom stereocenters. The molecule has 0 amide bonds. The molecule has 0 unspecified atom stereocenters. The summed E-state index contributed by atoms with van der Waals surface area (Å²) in [6.45, 7) is 3.25. The molecule has 0 aliphatic heterocycles. The van der Waals surface area contributed by atoms with Gasteiger partial charge in [-0.05, 0) is 36.5 Å². The van der Waals surface area contributed by atoms with Gasteiger partial charge >= 0.3 is 0 Å². The number of nitro groups is 1. The fourth-order valence-electron chi connectivity index (χ4n) is 3.03. The summed E-state index contributed by atoms with van der Waals surface area (Å²) in [5.41, 5.74) is 1.25. The summed E-state index contributed by atoms with van der Waals surface area (Å²) in [5, 5.41) is 15.0. The first kappa shape index (κ1) is 13.8. The fraction of sp³-hybridized carbons (Fsp3) is 0.438. The van der Waals surface area contributed by atoms with Crippen molar-refractivity contribution in [1.82, 2.24) is 4.98 Å². The molecule has 1 saturated carbocycles. The normalized spacial score (nSPS) is 17.0. The molecule has 1 aliphatic carbocycles. The van der Waals surface area contributed by atoms with Gasteiger partial charge in [-0.25, -0.2) is 4.98 Å². The van der Waals surface area contributed by atoms with Gasteiger partial charge in [0.1, 0.15) is 5.82 Å². The van der Waals surface area contributed by atoms with Crippen LogP contribution in [0.2, 0.25) is 0 Å². The zero-order valence-corrected chi connectivity index (χ0v) is 12.1. The average Bonchev–Trinajstić information content (AvgIpc) is 2.91. The summed E-state index contributed by atoms with van der Waals surface area (Å²) in [6.07, 6.45) is 5.15. The van der Waals surface area contributed by atoms with Crippen LogP contribution in [0.5, 0.6) is 0 Å². The lowest BCUT2D eigenvalue weighted by Gasteiger charge is -2.24. The number of nitro benzene ring substituents is 1. The number of rotatable bonds is 4. The second-order valence-corrected chi connectivity index (χ2v) is 6.20. The van der Waals surface area contributed by atoms with Gasteiger partial charge in [0.25, 0.3) is 5.69 Å². The quantitative estimate of drug-likeness (QED) is 0.677. The van der Waals surface area contributed by atoms with Crippen LogP contribution in [0.25, 0.3) is 10.9 Å². The van der Waals surface area contributed by atoms with Crippen LogP contribution in [0.15, 0.2) is 30.3 Å². The van der Waals surface area contributed by atoms with E-state index >= 15 is 0 Å². The number of fused-ring (bicyclic) bond motifs is 1. The number of hydrogen-bond acceptors (Lipinski definition) is 4. The number of nitrogens with zero attached hydrogens (tertiary/aromatic N) is 2. The van der Waals surface area contributed by atoms with Crippen molar-refractivity contribution in [3.8, 4) is 0 Å². The van der Waals surface area contributed by atoms with Gasteiger partial charge in [0.05, 0.1) is 10.4 Å². The van der Waals surface area contributed by atoms with Crippen LogP contribution in [-0.4, -0.2) is 16.5 Å². The maximum Gasteiger partial charge on any atom is 0.270 e. The van der Waals surface area contributed by atoms with E-state index < -0.39 is 0 Å². The molecule has 1 aliphatic rings. The van der Waals surface area contributed by atoms with Crippen molar-refractivity contribution in [2.45, 2.75) is 32.6 Å². The van der Waals surface area contributed by atoms with Gasteiger partial charge < -0.3 is 5.32 Å². The topological polar surface area (TPSA) is 68.1 Å². The van der Waals surface area contributed by atoms with Crippen molar-refractivity contribution in [1.29, 1.82) is 0 Å². The molecule has 21 heavy (non-hydrogen) atoms. The number of aromatic nitrogens is 1. The minimum Gasteiger partial charge on any atom is -0.370 e. The SMILES string of the molecule is CC1(CNc2ccc3cc([N+](=O)[O-])ccc3n2)CCCC1. The Morgan fingerprint density at radius 3 is 2.76 bits per heavy atom. The van der Waals surface area contributed by atoms with E-state index in [4.69, 9.17) is 0 Å². The van der Waals surface area contributed by atoms with E-state index in [0.717, 1.165) is 23.3 Å². The van der Waals surface area contributed by atoms with Crippen LogP contribution < -0.4 is 5.32 Å². The number of hydrogen-bond donors (Lipinski definition) is 1. The van der Waals surface area contributed by atoms with E-state index in [1.165, 1.54) is 31.7 Å². The van der Waals surface area contributed by atoms with Crippen molar-refractivity contribution in [3.63, 3.8) is 0 Å². The van der Waals surface area contributed by atoms with Gasteiger partial charge in [-0.15, -0.1) is 0 Å². The first-order valence-electron chi connectivity index (χ1n) is 7.35. The van der Waals surface area contributed by atoms with Crippen LogP contribution in [0.4, 0.5) is 11.5 Å². The lowest BCUT2D eigenvalue weighted by Crippen LogP contribution is -2.23. The summed E-state index contributed by atoms with van der Waals surface area (Å²) in [6, 6.07) is 8.54. The molecule has 0 spiro atoms. The van der Waals surface area contributed by atoms with Crippen LogP contribution in [0, 0.1) is 15.5 Å². The Labute approximate surface area is 123 Å². The predicted octanol–water partition coefficient (Wildman–Crippen LogP) is 4.14. The molecule has 5 heteroatoms. The molecule has 2 aromatic rings. The summed E-state index contributed by atoms with van der Waals surface area (Å²) in [5.74, 6) is 0.837. The molecule has 1 aromatic carbocycles. The second-order valence-electron chi connectivity index (χ2n) is 6.20. The third kappa shape index (κ3) is 2.96. The van der Waals surface area contributed by atoms with Crippen LogP contribution in [0.3, 0.4) is 0 Å². The first-order chi connectivity index (χ1) is 10.1. The molecule has 5 nitrogen and oxygen atoms in total. The lowest BCUT2D eigenvalue weighted by atomic mass is 9.89. The van der Waals surface area contributed by atoms with Crippen molar-refractivity contribution in [3.05, 3.63) is 40.4 Å². The summed E-state index contributed by atoms with van der Waals surface area (Å²) >= 11 is 0. The minimum atomic E-state index is -0.382. The van der Waals surface area contributed by atoms with E-state index in [2.05, 4.69) is 17.2 Å². The van der Waals surface area contributed by atoms with Crippen molar-refractivity contribution in [2.24, 2.45) is 5.41 Å². The third-order valence-corrected chi connectivity index (χ3v) is 4.39. The highest BCUT2D eigenvalue weighted by molar-refractivity contribution is 5.82. The van der Waals surface area contributed by atoms with Crippen LogP contribution in [0.1, 0.15) is 32.6 Å². The van der Waals surface area contributed by atoms with Gasteiger partial charge in [0.2, 0.25) is 0 Å². The largest absolute Gasteiger partial charge is 0.370 e. The molecule has 0 bridgehead atoms. The highest BCUT2D eigenvalue weighted by Crippen LogP contribution is 2.37. The minimum absolute atomic E-state index is 0.100. The van der Waals surface area contributed by atoms with E-state index in [9.17, 15) is 10.1 Å². The Hall–Kier alpha value is -2.17. The first-order valence-corrected chi connectivity index (χ1v) is 7.35. The van der Waals surface area contributed by atoms with Gasteiger partial charge in [-0.1, -0.05) is 19.8 Å². The zero-order chi connectivity index (χ0) is 14.9. The molecule has 0 radical (unpaired) electrons. The van der Waals surface area contributed by atoms with Crippen molar-refractivity contribution in [2.75, 3.05) is 11.9 Å². The molecule has 110 valence electrons. The standard InChI is InChI=1S/C16H19N3O2/c1-16(8-2-3-9-16)11-17-15-7-4-12-10-13(19(20)21)5-6-14(12)18-15/h4-7,10H,2-3,8-9,11H2,1H3,(H,17,18). The highest BCUT2D eigenvalue weighted by Gasteiger charge is 2.28. The maximum absolute atomic E-state index is 10.8. The molecule has 1 heterocycles. The Morgan fingerprint density at radius 1 is 1.29 bits per heavy atom. The smallest absolute Gasteiger partial charge is 0.270 e. The molecule has 0 saturated heterocycles. The average molecular weight is 285 g/mol. The van der Waals surface area contributed by atoms with Gasteiger partial charge in [0.15, 0.2) is 0 Å². The number of benzene rings is 1. The monoisotopic (exact) mass is 285 g/mol. The zero-order valence-electron chi connectivity index (χ0n) is 12.1. The Morgan fingerprint density at radius 2 is 2.05 bits per heavy atom. The van der Waals surface area contributed by atoms with E-state index in [1.54, 1.807) is 12.1 Å². The van der Waals surface area contributed by atoms with Gasteiger partial charge in [-0.2, -0.15) is 0 Å². The number of nitrogens with one attached hydrogen (secondary N) is 1. The van der Waals surface area contributed by atoms with E-state index in [1.807, 2.05) is 12.1 Å². The second kappa shape index (κ2) is 5.31. The van der Waals surface area contributed by atoms with E-state index in [0.29, 0.717) is 5.41 Å². The molecule has 1 N–H and O–H groups in total. The third-order valence-electron chi connectivity index (χ3n) is 4.39. The Bertz CT molecular complexity index is 678. The molecule has 1 aromatic heterocycles. The van der Waals surface area contributed by atoms with Crippen LogP contribution in [-0.2, 0) is 0 Å². The van der Waals surface area contributed by atoms with Crippen molar-refractivity contribution >= 4 is 22.4 Å². The maximum atomic E-state index is 10.8. The molecular weight excluding hydrogens is 266 g/mol. The Kier molecular flexibility index (Phi) is 3.49. The fourth-order valence-corrected chi connectivity index (χ4v) is 3.03. The lowest BCUT2D eigenvalue weighted by molar-refractivity contribution is -0.384. The Balaban J connectivity index is 1.78. The summed E-state index contributed by atoms with van der Waals surface area (Å²) in [4.78, 5) is 14.9. The number of pyridine rings is 1. The summed E-state index contributed by atoms with van der Waals surface area (Å²) in [7, 11) is 0. The predicted molar refractivity (Wildman–Crippen MR) is 83.5 cm³/mol. The van der Waals surface area contributed by atoms with Crippen LogP contribution >= 0.6 is 0 Å². The van der Waals surface area contributed by atoms with Crippen molar-refractivity contribution < 1.29 is 4.92 Å². The van der Waals surface area contributed by atoms with Gasteiger partial charge in [-0.3, -0.25) is 10.1 Å². The number of anilines is 1. The molecule has 1 fully saturated rings.